The summed E-state index contributed by atoms with van der Waals surface area (Å²) in [4.78, 5) is 28.7. The van der Waals surface area contributed by atoms with E-state index in [-0.39, 0.29) is 31.0 Å². The number of aliphatic hydroxyl groups excluding tert-OH is 5. The number of rotatable bonds is 2. The van der Waals surface area contributed by atoms with Crippen LogP contribution < -0.4 is 4.90 Å². The first kappa shape index (κ1) is 19.2. The number of nitrogens with zero attached hydrogens (tertiary/aromatic N) is 2. The maximum Gasteiger partial charge on any atom is 0.256 e. The Kier molecular flexibility index (Phi) is 4.86. The van der Waals surface area contributed by atoms with Crippen molar-refractivity contribution in [1.29, 1.82) is 0 Å². The van der Waals surface area contributed by atoms with Gasteiger partial charge in [0.05, 0.1) is 23.9 Å². The highest BCUT2D eigenvalue weighted by Crippen LogP contribution is 2.33. The molecule has 1 aromatic carbocycles. The lowest BCUT2D eigenvalue weighted by atomic mass is 9.98. The van der Waals surface area contributed by atoms with E-state index >= 15 is 0 Å². The van der Waals surface area contributed by atoms with Crippen molar-refractivity contribution in [3.63, 3.8) is 0 Å². The molecule has 10 nitrogen and oxygen atoms in total. The Bertz CT molecular complexity index is 789. The number of anilines is 1. The van der Waals surface area contributed by atoms with Gasteiger partial charge < -0.3 is 40.1 Å². The topological polar surface area (TPSA) is 151 Å². The van der Waals surface area contributed by atoms with Crippen molar-refractivity contribution in [1.82, 2.24) is 4.90 Å². The zero-order chi connectivity index (χ0) is 20.2. The zero-order valence-corrected chi connectivity index (χ0v) is 14.8. The molecule has 4 rings (SSSR count). The number of fused-ring (bicyclic) bond motifs is 2. The van der Waals surface area contributed by atoms with Crippen molar-refractivity contribution in [2.75, 3.05) is 18.0 Å². The number of aliphatic hydroxyl groups is 5. The lowest BCUT2D eigenvalue weighted by molar-refractivity contribution is -0.279. The van der Waals surface area contributed by atoms with Crippen LogP contribution in [0.5, 0.6) is 0 Å². The van der Waals surface area contributed by atoms with Gasteiger partial charge in [0.15, 0.2) is 6.29 Å². The van der Waals surface area contributed by atoms with E-state index in [0.717, 1.165) is 0 Å². The van der Waals surface area contributed by atoms with Gasteiger partial charge >= 0.3 is 0 Å². The van der Waals surface area contributed by atoms with Gasteiger partial charge in [-0.3, -0.25) is 9.59 Å². The molecule has 2 saturated heterocycles. The van der Waals surface area contributed by atoms with Crippen molar-refractivity contribution in [2.45, 2.75) is 49.3 Å². The Hall–Kier alpha value is -2.08. The summed E-state index contributed by atoms with van der Waals surface area (Å²) in [5.74, 6) is -0.839. The molecule has 3 aliphatic heterocycles. The Morgan fingerprint density at radius 2 is 1.71 bits per heavy atom. The van der Waals surface area contributed by atoms with E-state index in [2.05, 4.69) is 0 Å². The molecule has 152 valence electrons. The van der Waals surface area contributed by atoms with Crippen molar-refractivity contribution >= 4 is 17.5 Å². The van der Waals surface area contributed by atoms with Gasteiger partial charge in [-0.05, 0) is 12.1 Å². The summed E-state index contributed by atoms with van der Waals surface area (Å²) in [6.07, 6.45) is -8.54. The molecule has 1 aromatic rings. The highest BCUT2D eigenvalue weighted by Gasteiger charge is 2.48. The van der Waals surface area contributed by atoms with Crippen molar-refractivity contribution in [3.8, 4) is 0 Å². The molecule has 0 bridgehead atoms. The van der Waals surface area contributed by atoms with E-state index in [1.54, 1.807) is 24.3 Å². The molecule has 28 heavy (non-hydrogen) atoms. The summed E-state index contributed by atoms with van der Waals surface area (Å²) in [6.45, 7) is -0.213. The van der Waals surface area contributed by atoms with Gasteiger partial charge in [-0.1, -0.05) is 12.1 Å². The number of benzene rings is 1. The summed E-state index contributed by atoms with van der Waals surface area (Å²) in [6, 6.07) is 5.60. The van der Waals surface area contributed by atoms with Crippen LogP contribution in [0.3, 0.4) is 0 Å². The molecule has 0 saturated carbocycles. The lowest BCUT2D eigenvalue weighted by Crippen LogP contribution is -2.61. The molecule has 0 spiro atoms. The minimum absolute atomic E-state index is 0.0452. The van der Waals surface area contributed by atoms with Crippen LogP contribution in [0.2, 0.25) is 0 Å². The second kappa shape index (κ2) is 7.07. The highest BCUT2D eigenvalue weighted by atomic mass is 16.6. The largest absolute Gasteiger partial charge is 0.391 e. The first-order chi connectivity index (χ1) is 13.3. The van der Waals surface area contributed by atoms with Gasteiger partial charge in [0.25, 0.3) is 5.91 Å². The van der Waals surface area contributed by atoms with Crippen molar-refractivity contribution in [2.24, 2.45) is 0 Å². The number of amides is 2. The van der Waals surface area contributed by atoms with Crippen LogP contribution in [0.15, 0.2) is 24.3 Å². The third kappa shape index (κ3) is 2.98. The average Bonchev–Trinajstić information content (AvgIpc) is 3.06. The summed E-state index contributed by atoms with van der Waals surface area (Å²) in [7, 11) is 0. The minimum Gasteiger partial charge on any atom is -0.391 e. The number of carbonyl (C=O) groups excluding carboxylic acids is 2. The molecule has 2 fully saturated rings. The number of ether oxygens (including phenoxy) is 1. The summed E-state index contributed by atoms with van der Waals surface area (Å²) in [5.41, 5.74) is 0.575. The van der Waals surface area contributed by atoms with Crippen molar-refractivity contribution < 1.29 is 39.9 Å². The van der Waals surface area contributed by atoms with E-state index in [1.807, 2.05) is 0 Å². The summed E-state index contributed by atoms with van der Waals surface area (Å²) >= 11 is 0. The zero-order valence-electron chi connectivity index (χ0n) is 14.8. The number of para-hydroxylation sites is 1. The molecule has 3 heterocycles. The van der Waals surface area contributed by atoms with Gasteiger partial charge in [0.2, 0.25) is 5.91 Å². The second-order valence-electron chi connectivity index (χ2n) is 7.37. The molecule has 7 atom stereocenters. The molecule has 10 heteroatoms. The fourth-order valence-electron chi connectivity index (χ4n) is 4.07. The third-order valence-corrected chi connectivity index (χ3v) is 5.57. The van der Waals surface area contributed by atoms with Gasteiger partial charge in [-0.25, -0.2) is 0 Å². The van der Waals surface area contributed by atoms with Crippen LogP contribution in [0.4, 0.5) is 5.69 Å². The SMILES string of the molecule is O=C1C2CC(O)CN2C(=O)c2ccccc2N1C[C@H]1OC(O)[C@H](O)[C@@H](O)[C@@H]1O. The van der Waals surface area contributed by atoms with Crippen molar-refractivity contribution in [3.05, 3.63) is 29.8 Å². The first-order valence-electron chi connectivity index (χ1n) is 9.06. The highest BCUT2D eigenvalue weighted by molar-refractivity contribution is 6.11. The Balaban J connectivity index is 1.70. The van der Waals surface area contributed by atoms with Crippen LogP contribution in [0.1, 0.15) is 16.8 Å². The molecule has 0 aliphatic carbocycles. The second-order valence-corrected chi connectivity index (χ2v) is 7.37. The van der Waals surface area contributed by atoms with Crippen LogP contribution >= 0.6 is 0 Å². The number of hydrogen-bond donors (Lipinski definition) is 5. The predicted octanol–water partition coefficient (Wildman–Crippen LogP) is -2.59. The molecule has 3 aliphatic rings. The monoisotopic (exact) mass is 394 g/mol. The van der Waals surface area contributed by atoms with E-state index < -0.39 is 48.8 Å². The minimum atomic E-state index is -1.73. The molecule has 3 unspecified atom stereocenters. The van der Waals surface area contributed by atoms with E-state index in [9.17, 15) is 35.1 Å². The maximum atomic E-state index is 13.2. The molecule has 0 radical (unpaired) electrons. The van der Waals surface area contributed by atoms with Crippen LogP contribution in [-0.4, -0.2) is 98.2 Å². The quantitative estimate of drug-likeness (QED) is 0.367. The van der Waals surface area contributed by atoms with E-state index in [1.165, 1.54) is 9.80 Å². The average molecular weight is 394 g/mol. The summed E-state index contributed by atoms with van der Waals surface area (Å²) in [5, 5.41) is 49.5. The normalized spacial score (nSPS) is 38.2. The fraction of sp³-hybridized carbons (Fsp3) is 0.556. The van der Waals surface area contributed by atoms with Crippen LogP contribution in [0.25, 0.3) is 0 Å². The van der Waals surface area contributed by atoms with Gasteiger partial charge in [-0.2, -0.15) is 0 Å². The number of hydrogen-bond acceptors (Lipinski definition) is 8. The first-order valence-corrected chi connectivity index (χ1v) is 9.06. The fourth-order valence-corrected chi connectivity index (χ4v) is 4.07. The Labute approximate surface area is 160 Å². The number of carbonyl (C=O) groups is 2. The van der Waals surface area contributed by atoms with Crippen LogP contribution in [0, 0.1) is 0 Å². The van der Waals surface area contributed by atoms with E-state index in [4.69, 9.17) is 4.74 Å². The molecule has 0 aromatic heterocycles. The van der Waals surface area contributed by atoms with Gasteiger partial charge in [-0.15, -0.1) is 0 Å². The smallest absolute Gasteiger partial charge is 0.256 e. The van der Waals surface area contributed by atoms with Gasteiger partial charge in [0.1, 0.15) is 30.5 Å². The Morgan fingerprint density at radius 1 is 1.00 bits per heavy atom. The molecule has 2 amide bonds. The molecule has 5 N–H and O–H groups in total. The van der Waals surface area contributed by atoms with Crippen LogP contribution in [-0.2, 0) is 9.53 Å². The molecular formula is C18H22N2O8. The van der Waals surface area contributed by atoms with E-state index in [0.29, 0.717) is 5.69 Å². The Morgan fingerprint density at radius 3 is 2.46 bits per heavy atom. The maximum absolute atomic E-state index is 13.2. The van der Waals surface area contributed by atoms with Gasteiger partial charge in [0, 0.05) is 13.0 Å². The predicted molar refractivity (Wildman–Crippen MR) is 93.1 cm³/mol. The summed E-state index contributed by atoms with van der Waals surface area (Å²) < 4.78 is 5.20. The third-order valence-electron chi connectivity index (χ3n) is 5.57. The molecular weight excluding hydrogens is 372 g/mol. The lowest BCUT2D eigenvalue weighted by Gasteiger charge is -2.40. The standard InChI is InChI=1S/C18H22N2O8/c21-8-5-11-17(26)20(7-12-13(22)14(23)15(24)18(27)28-12)10-4-2-1-3-9(10)16(25)19(11)6-8/h1-4,8,11-15,18,21-24,27H,5-7H2/t8?,11?,12-,13-,14+,15-,18?/m1/s1.